The van der Waals surface area contributed by atoms with Crippen LogP contribution in [0, 0.1) is 12.8 Å². The molecule has 2 heterocycles. The second-order valence-electron chi connectivity index (χ2n) is 6.46. The second-order valence-corrected chi connectivity index (χ2v) is 6.46. The van der Waals surface area contributed by atoms with E-state index in [4.69, 9.17) is 4.74 Å². The highest BCUT2D eigenvalue weighted by atomic mass is 16.5. The highest BCUT2D eigenvalue weighted by Crippen LogP contribution is 2.26. The average molecular weight is 318 g/mol. The molecule has 0 N–H and O–H groups in total. The number of ether oxygens (including phenoxy) is 1. The topological polar surface area (TPSA) is 58.6 Å². The monoisotopic (exact) mass is 318 g/mol. The number of aromatic nitrogens is 2. The number of rotatable bonds is 3. The molecule has 3 rings (SSSR count). The van der Waals surface area contributed by atoms with Crippen LogP contribution in [0.1, 0.15) is 37.9 Å². The van der Waals surface area contributed by atoms with Gasteiger partial charge in [0, 0.05) is 38.2 Å². The van der Waals surface area contributed by atoms with Crippen LogP contribution in [0.4, 0.5) is 5.82 Å². The molecular formula is C17H26N4O2. The van der Waals surface area contributed by atoms with Gasteiger partial charge in [0.15, 0.2) is 0 Å². The van der Waals surface area contributed by atoms with E-state index in [9.17, 15) is 4.79 Å². The van der Waals surface area contributed by atoms with Crippen LogP contribution < -0.4 is 9.64 Å². The number of anilines is 1. The maximum Gasteiger partial charge on any atom is 0.225 e. The van der Waals surface area contributed by atoms with E-state index < -0.39 is 0 Å². The number of amides is 1. The predicted molar refractivity (Wildman–Crippen MR) is 88.7 cm³/mol. The molecule has 0 spiro atoms. The highest BCUT2D eigenvalue weighted by Gasteiger charge is 2.28. The first-order chi connectivity index (χ1) is 11.2. The van der Waals surface area contributed by atoms with Crippen molar-refractivity contribution in [3.8, 4) is 5.88 Å². The number of methoxy groups -OCH3 is 1. The fourth-order valence-electron chi connectivity index (χ4n) is 3.56. The van der Waals surface area contributed by atoms with Crippen molar-refractivity contribution >= 4 is 11.7 Å². The fourth-order valence-corrected chi connectivity index (χ4v) is 3.56. The first-order valence-electron chi connectivity index (χ1n) is 8.61. The maximum atomic E-state index is 12.6. The highest BCUT2D eigenvalue weighted by molar-refractivity contribution is 5.79. The Hall–Kier alpha value is -1.85. The molecule has 1 aromatic heterocycles. The Morgan fingerprint density at radius 3 is 2.48 bits per heavy atom. The summed E-state index contributed by atoms with van der Waals surface area (Å²) in [6.07, 6.45) is 5.84. The standard InChI is InChI=1S/C17H26N4O2/c1-13-18-15(12-16(19-13)23-2)20-8-10-21(11-9-20)17(22)14-6-4-3-5-7-14/h12,14H,3-11H2,1-2H3. The average Bonchev–Trinajstić information content (AvgIpc) is 2.61. The lowest BCUT2D eigenvalue weighted by Gasteiger charge is -2.37. The molecule has 1 saturated carbocycles. The van der Waals surface area contributed by atoms with Crippen molar-refractivity contribution < 1.29 is 9.53 Å². The Labute approximate surface area is 137 Å². The fraction of sp³-hybridized carbons (Fsp3) is 0.706. The minimum atomic E-state index is 0.261. The van der Waals surface area contributed by atoms with E-state index in [0.29, 0.717) is 17.6 Å². The molecule has 1 amide bonds. The van der Waals surface area contributed by atoms with Crippen LogP contribution in [-0.2, 0) is 4.79 Å². The Morgan fingerprint density at radius 2 is 1.83 bits per heavy atom. The van der Waals surface area contributed by atoms with Gasteiger partial charge in [-0.1, -0.05) is 19.3 Å². The third-order valence-electron chi connectivity index (χ3n) is 4.88. The summed E-state index contributed by atoms with van der Waals surface area (Å²) in [5.74, 6) is 2.81. The number of nitrogens with zero attached hydrogens (tertiary/aromatic N) is 4. The smallest absolute Gasteiger partial charge is 0.225 e. The van der Waals surface area contributed by atoms with Crippen molar-refractivity contribution in [1.29, 1.82) is 0 Å². The number of hydrogen-bond donors (Lipinski definition) is 0. The summed E-state index contributed by atoms with van der Waals surface area (Å²) in [6, 6.07) is 1.87. The molecule has 0 atom stereocenters. The molecule has 1 aliphatic carbocycles. The van der Waals surface area contributed by atoms with Gasteiger partial charge in [-0.2, -0.15) is 4.98 Å². The third kappa shape index (κ3) is 3.74. The zero-order valence-electron chi connectivity index (χ0n) is 14.1. The van der Waals surface area contributed by atoms with Crippen LogP contribution >= 0.6 is 0 Å². The van der Waals surface area contributed by atoms with Gasteiger partial charge in [-0.3, -0.25) is 4.79 Å². The SMILES string of the molecule is COc1cc(N2CCN(C(=O)C3CCCCC3)CC2)nc(C)n1. The van der Waals surface area contributed by atoms with Gasteiger partial charge in [0.05, 0.1) is 7.11 Å². The number of aryl methyl sites for hydroxylation is 1. The minimum absolute atomic E-state index is 0.261. The third-order valence-corrected chi connectivity index (χ3v) is 4.88. The number of piperazine rings is 1. The van der Waals surface area contributed by atoms with E-state index in [1.54, 1.807) is 7.11 Å². The van der Waals surface area contributed by atoms with Crippen LogP contribution in [0.15, 0.2) is 6.07 Å². The summed E-state index contributed by atoms with van der Waals surface area (Å²) in [6.45, 7) is 5.06. The van der Waals surface area contributed by atoms with Crippen molar-refractivity contribution in [1.82, 2.24) is 14.9 Å². The zero-order valence-corrected chi connectivity index (χ0v) is 14.1. The Balaban J connectivity index is 1.59. The molecular weight excluding hydrogens is 292 g/mol. The van der Waals surface area contributed by atoms with E-state index in [1.807, 2.05) is 17.9 Å². The lowest BCUT2D eigenvalue weighted by Crippen LogP contribution is -2.50. The molecule has 6 nitrogen and oxygen atoms in total. The van der Waals surface area contributed by atoms with Gasteiger partial charge >= 0.3 is 0 Å². The van der Waals surface area contributed by atoms with E-state index >= 15 is 0 Å². The van der Waals surface area contributed by atoms with Gasteiger partial charge < -0.3 is 14.5 Å². The van der Waals surface area contributed by atoms with Crippen molar-refractivity contribution in [2.75, 3.05) is 38.2 Å². The summed E-state index contributed by atoms with van der Waals surface area (Å²) in [7, 11) is 1.62. The summed E-state index contributed by atoms with van der Waals surface area (Å²) in [4.78, 5) is 25.6. The van der Waals surface area contributed by atoms with E-state index in [0.717, 1.165) is 44.8 Å². The van der Waals surface area contributed by atoms with E-state index in [2.05, 4.69) is 14.9 Å². The summed E-state index contributed by atoms with van der Waals surface area (Å²) in [5, 5.41) is 0. The van der Waals surface area contributed by atoms with Gasteiger partial charge in [0.1, 0.15) is 11.6 Å². The quantitative estimate of drug-likeness (QED) is 0.853. The number of hydrogen-bond acceptors (Lipinski definition) is 5. The normalized spacial score (nSPS) is 19.7. The molecule has 1 saturated heterocycles. The van der Waals surface area contributed by atoms with Crippen molar-refractivity contribution in [2.24, 2.45) is 5.92 Å². The lowest BCUT2D eigenvalue weighted by atomic mass is 9.88. The Morgan fingerprint density at radius 1 is 1.13 bits per heavy atom. The van der Waals surface area contributed by atoms with E-state index in [-0.39, 0.29) is 5.92 Å². The van der Waals surface area contributed by atoms with Gasteiger partial charge in [-0.05, 0) is 19.8 Å². The molecule has 2 fully saturated rings. The van der Waals surface area contributed by atoms with Crippen LogP contribution in [0.5, 0.6) is 5.88 Å². The van der Waals surface area contributed by atoms with Gasteiger partial charge in [-0.15, -0.1) is 0 Å². The summed E-state index contributed by atoms with van der Waals surface area (Å²) < 4.78 is 5.22. The zero-order chi connectivity index (χ0) is 16.2. The Bertz CT molecular complexity index is 550. The van der Waals surface area contributed by atoms with Crippen molar-refractivity contribution in [2.45, 2.75) is 39.0 Å². The predicted octanol–water partition coefficient (Wildman–Crippen LogP) is 2.02. The van der Waals surface area contributed by atoms with Crippen LogP contribution in [0.25, 0.3) is 0 Å². The molecule has 126 valence electrons. The van der Waals surface area contributed by atoms with Gasteiger partial charge in [0.25, 0.3) is 0 Å². The first-order valence-corrected chi connectivity index (χ1v) is 8.61. The molecule has 23 heavy (non-hydrogen) atoms. The second kappa shape index (κ2) is 7.15. The molecule has 0 aromatic carbocycles. The lowest BCUT2D eigenvalue weighted by molar-refractivity contribution is -0.136. The molecule has 1 aromatic rings. The minimum Gasteiger partial charge on any atom is -0.481 e. The van der Waals surface area contributed by atoms with Crippen LogP contribution in [0.2, 0.25) is 0 Å². The first kappa shape index (κ1) is 16.0. The largest absolute Gasteiger partial charge is 0.481 e. The molecule has 1 aliphatic heterocycles. The Kier molecular flexibility index (Phi) is 4.98. The van der Waals surface area contributed by atoms with Gasteiger partial charge in [-0.25, -0.2) is 4.98 Å². The van der Waals surface area contributed by atoms with Crippen LogP contribution in [-0.4, -0.2) is 54.1 Å². The summed E-state index contributed by atoms with van der Waals surface area (Å²) in [5.41, 5.74) is 0. The number of carbonyl (C=O) groups is 1. The van der Waals surface area contributed by atoms with Gasteiger partial charge in [0.2, 0.25) is 11.8 Å². The molecule has 0 unspecified atom stereocenters. The molecule has 6 heteroatoms. The van der Waals surface area contributed by atoms with Crippen molar-refractivity contribution in [3.63, 3.8) is 0 Å². The van der Waals surface area contributed by atoms with Crippen LogP contribution in [0.3, 0.4) is 0 Å². The summed E-state index contributed by atoms with van der Waals surface area (Å²) >= 11 is 0. The molecule has 0 bridgehead atoms. The number of carbonyl (C=O) groups excluding carboxylic acids is 1. The molecule has 0 radical (unpaired) electrons. The molecule has 2 aliphatic rings. The van der Waals surface area contributed by atoms with E-state index in [1.165, 1.54) is 19.3 Å². The van der Waals surface area contributed by atoms with Crippen molar-refractivity contribution in [3.05, 3.63) is 11.9 Å². The maximum absolute atomic E-state index is 12.6.